The van der Waals surface area contributed by atoms with Crippen molar-refractivity contribution in [3.8, 4) is 11.4 Å². The lowest BCUT2D eigenvalue weighted by atomic mass is 10.2. The molecule has 9 heteroatoms. The molecule has 1 aromatic carbocycles. The number of halogens is 1. The van der Waals surface area contributed by atoms with Crippen molar-refractivity contribution < 1.29 is 8.91 Å². The predicted octanol–water partition coefficient (Wildman–Crippen LogP) is 2.81. The molecule has 0 unspecified atom stereocenters. The topological polar surface area (TPSA) is 89.1 Å². The van der Waals surface area contributed by atoms with Gasteiger partial charge in [0.05, 0.1) is 11.3 Å². The van der Waals surface area contributed by atoms with Crippen LogP contribution in [0.2, 0.25) is 0 Å². The molecule has 0 atom stereocenters. The fourth-order valence-electron chi connectivity index (χ4n) is 2.37. The number of hydrogen-bond acceptors (Lipinski definition) is 6. The van der Waals surface area contributed by atoms with Gasteiger partial charge >= 0.3 is 0 Å². The second kappa shape index (κ2) is 6.17. The molecule has 3 heterocycles. The standard InChI is InChI=1S/C16H12FN5O2S/c1-9-6-13-18-10(7-14(23)22(13)24-9)8-25-16-19-15(20-21-16)11-4-2-3-5-12(11)17/h2-7H,8H2,1H3,(H,19,20,21). The van der Waals surface area contributed by atoms with Crippen molar-refractivity contribution in [1.82, 2.24) is 24.7 Å². The van der Waals surface area contributed by atoms with E-state index in [-0.39, 0.29) is 11.4 Å². The molecule has 0 bridgehead atoms. The number of thioether (sulfide) groups is 1. The Morgan fingerprint density at radius 3 is 2.96 bits per heavy atom. The van der Waals surface area contributed by atoms with Crippen molar-refractivity contribution in [2.45, 2.75) is 17.8 Å². The van der Waals surface area contributed by atoms with E-state index in [1.165, 1.54) is 23.9 Å². The summed E-state index contributed by atoms with van der Waals surface area (Å²) in [5.41, 5.74) is 1.12. The van der Waals surface area contributed by atoms with Gasteiger partial charge in [-0.05, 0) is 19.1 Å². The molecule has 4 aromatic rings. The molecular weight excluding hydrogens is 345 g/mol. The first-order chi connectivity index (χ1) is 12.1. The zero-order chi connectivity index (χ0) is 17.4. The van der Waals surface area contributed by atoms with Crippen LogP contribution in [0.15, 0.2) is 50.9 Å². The van der Waals surface area contributed by atoms with E-state index in [2.05, 4.69) is 20.2 Å². The van der Waals surface area contributed by atoms with Gasteiger partial charge in [-0.25, -0.2) is 14.4 Å². The van der Waals surface area contributed by atoms with E-state index < -0.39 is 0 Å². The second-order valence-electron chi connectivity index (χ2n) is 5.32. The zero-order valence-corrected chi connectivity index (χ0v) is 13.9. The largest absolute Gasteiger partial charge is 0.375 e. The summed E-state index contributed by atoms with van der Waals surface area (Å²) in [6.07, 6.45) is 0. The van der Waals surface area contributed by atoms with Gasteiger partial charge in [-0.3, -0.25) is 9.89 Å². The lowest BCUT2D eigenvalue weighted by Crippen LogP contribution is -2.12. The maximum absolute atomic E-state index is 13.8. The lowest BCUT2D eigenvalue weighted by Gasteiger charge is -1.98. The van der Waals surface area contributed by atoms with E-state index in [4.69, 9.17) is 4.52 Å². The summed E-state index contributed by atoms with van der Waals surface area (Å²) >= 11 is 1.30. The number of rotatable bonds is 4. The van der Waals surface area contributed by atoms with E-state index in [0.717, 1.165) is 4.57 Å². The maximum atomic E-state index is 13.8. The summed E-state index contributed by atoms with van der Waals surface area (Å²) in [6.45, 7) is 1.75. The maximum Gasteiger partial charge on any atom is 0.287 e. The Bertz CT molecular complexity index is 1120. The molecule has 0 spiro atoms. The van der Waals surface area contributed by atoms with Gasteiger partial charge in [0.25, 0.3) is 5.56 Å². The van der Waals surface area contributed by atoms with Gasteiger partial charge in [0.1, 0.15) is 11.6 Å². The molecule has 1 N–H and O–H groups in total. The summed E-state index contributed by atoms with van der Waals surface area (Å²) in [5, 5.41) is 7.24. The first kappa shape index (κ1) is 15.6. The van der Waals surface area contributed by atoms with E-state index in [1.807, 2.05) is 0 Å². The number of benzene rings is 1. The molecule has 0 fully saturated rings. The minimum absolute atomic E-state index is 0.282. The van der Waals surface area contributed by atoms with Gasteiger partial charge in [0.15, 0.2) is 11.5 Å². The van der Waals surface area contributed by atoms with Crippen molar-refractivity contribution in [1.29, 1.82) is 0 Å². The predicted molar refractivity (Wildman–Crippen MR) is 89.8 cm³/mol. The minimum atomic E-state index is -0.370. The van der Waals surface area contributed by atoms with Crippen LogP contribution in [0.4, 0.5) is 4.39 Å². The van der Waals surface area contributed by atoms with Crippen molar-refractivity contribution in [3.63, 3.8) is 0 Å². The molecule has 0 amide bonds. The highest BCUT2D eigenvalue weighted by atomic mass is 32.2. The van der Waals surface area contributed by atoms with E-state index in [0.29, 0.717) is 39.4 Å². The number of H-pyrrole nitrogens is 1. The Kier molecular flexibility index (Phi) is 3.85. The molecule has 3 aromatic heterocycles. The zero-order valence-electron chi connectivity index (χ0n) is 13.1. The van der Waals surface area contributed by atoms with Gasteiger partial charge in [0.2, 0.25) is 5.16 Å². The Morgan fingerprint density at radius 1 is 1.28 bits per heavy atom. The number of aryl methyl sites for hydroxylation is 1. The Morgan fingerprint density at radius 2 is 2.12 bits per heavy atom. The van der Waals surface area contributed by atoms with E-state index in [1.54, 1.807) is 31.2 Å². The molecule has 0 aliphatic carbocycles. The Hall–Kier alpha value is -2.94. The number of fused-ring (bicyclic) bond motifs is 1. The van der Waals surface area contributed by atoms with Gasteiger partial charge in [-0.1, -0.05) is 23.9 Å². The molecule has 0 saturated carbocycles. The third kappa shape index (κ3) is 3.05. The normalized spacial score (nSPS) is 11.3. The third-order valence-corrected chi connectivity index (χ3v) is 4.35. The summed E-state index contributed by atoms with van der Waals surface area (Å²) in [5.74, 6) is 1.00. The highest BCUT2D eigenvalue weighted by Crippen LogP contribution is 2.23. The monoisotopic (exact) mass is 357 g/mol. The third-order valence-electron chi connectivity index (χ3n) is 3.47. The van der Waals surface area contributed by atoms with Crippen LogP contribution in [0, 0.1) is 12.7 Å². The average Bonchev–Trinajstić information content (AvgIpc) is 3.19. The van der Waals surface area contributed by atoms with Crippen LogP contribution in [0.5, 0.6) is 0 Å². The van der Waals surface area contributed by atoms with Crippen molar-refractivity contribution in [2.24, 2.45) is 0 Å². The molecule has 25 heavy (non-hydrogen) atoms. The summed E-state index contributed by atoms with van der Waals surface area (Å²) in [6, 6.07) is 9.44. The van der Waals surface area contributed by atoms with Crippen molar-refractivity contribution >= 4 is 17.4 Å². The summed E-state index contributed by atoms with van der Waals surface area (Å²) < 4.78 is 20.2. The van der Waals surface area contributed by atoms with Crippen molar-refractivity contribution in [2.75, 3.05) is 0 Å². The molecule has 4 rings (SSSR count). The first-order valence-corrected chi connectivity index (χ1v) is 8.38. The second-order valence-corrected chi connectivity index (χ2v) is 6.26. The van der Waals surface area contributed by atoms with Crippen LogP contribution in [0.1, 0.15) is 11.5 Å². The fraction of sp³-hybridized carbons (Fsp3) is 0.125. The first-order valence-electron chi connectivity index (χ1n) is 7.40. The molecule has 126 valence electrons. The van der Waals surface area contributed by atoms with Gasteiger partial charge in [-0.2, -0.15) is 0 Å². The fourth-order valence-corrected chi connectivity index (χ4v) is 3.06. The van der Waals surface area contributed by atoms with Crippen LogP contribution in [0.25, 0.3) is 17.0 Å². The summed E-state index contributed by atoms with van der Waals surface area (Å²) in [7, 11) is 0. The average molecular weight is 357 g/mol. The van der Waals surface area contributed by atoms with Crippen LogP contribution in [-0.2, 0) is 5.75 Å². The van der Waals surface area contributed by atoms with Crippen LogP contribution >= 0.6 is 11.8 Å². The van der Waals surface area contributed by atoms with Crippen LogP contribution < -0.4 is 5.56 Å². The van der Waals surface area contributed by atoms with Crippen LogP contribution in [0.3, 0.4) is 0 Å². The van der Waals surface area contributed by atoms with Crippen molar-refractivity contribution in [3.05, 3.63) is 64.0 Å². The van der Waals surface area contributed by atoms with Gasteiger partial charge in [-0.15, -0.1) is 9.67 Å². The number of aromatic amines is 1. The Balaban J connectivity index is 1.54. The highest BCUT2D eigenvalue weighted by molar-refractivity contribution is 7.98. The molecule has 0 radical (unpaired) electrons. The molecular formula is C16H12FN5O2S. The number of nitrogens with zero attached hydrogens (tertiary/aromatic N) is 4. The van der Waals surface area contributed by atoms with Crippen LogP contribution in [-0.4, -0.2) is 24.7 Å². The summed E-state index contributed by atoms with van der Waals surface area (Å²) in [4.78, 5) is 20.6. The SMILES string of the molecule is Cc1cc2nc(CSc3n[nH]c(-c4ccccc4F)n3)cc(=O)n2o1. The van der Waals surface area contributed by atoms with Gasteiger partial charge < -0.3 is 4.52 Å². The van der Waals surface area contributed by atoms with Gasteiger partial charge in [0, 0.05) is 17.9 Å². The number of aromatic nitrogens is 5. The molecule has 0 aliphatic rings. The van der Waals surface area contributed by atoms with E-state index >= 15 is 0 Å². The quantitative estimate of drug-likeness (QED) is 0.565. The molecule has 0 aliphatic heterocycles. The molecule has 0 saturated heterocycles. The smallest absolute Gasteiger partial charge is 0.287 e. The minimum Gasteiger partial charge on any atom is -0.375 e. The molecule has 7 nitrogen and oxygen atoms in total. The number of hydrogen-bond donors (Lipinski definition) is 1. The number of nitrogens with one attached hydrogen (secondary N) is 1. The lowest BCUT2D eigenvalue weighted by molar-refractivity contribution is 0.344. The Labute approximate surface area is 144 Å². The highest BCUT2D eigenvalue weighted by Gasteiger charge is 2.12. The van der Waals surface area contributed by atoms with E-state index in [9.17, 15) is 9.18 Å².